The number of likely N-dealkylation sites (tertiary alicyclic amines) is 1. The van der Waals surface area contributed by atoms with Crippen LogP contribution in [0.1, 0.15) is 54.6 Å². The van der Waals surface area contributed by atoms with E-state index in [2.05, 4.69) is 10.3 Å². The van der Waals surface area contributed by atoms with Gasteiger partial charge in [-0.25, -0.2) is 9.29 Å². The number of ketones is 1. The van der Waals surface area contributed by atoms with E-state index in [0.29, 0.717) is 55.1 Å². The van der Waals surface area contributed by atoms with Crippen molar-refractivity contribution in [3.05, 3.63) is 70.8 Å². The number of rotatable bonds is 9. The van der Waals surface area contributed by atoms with Gasteiger partial charge in [0.25, 0.3) is 5.91 Å². The minimum absolute atomic E-state index is 0.0275. The maximum Gasteiger partial charge on any atom is 0.330 e. The number of hydrogen-bond acceptors (Lipinski definition) is 6. The maximum absolute atomic E-state index is 16.4. The molecular weight excluding hydrogens is 556 g/mol. The standard InChI is InChI=1S/C30H30ClF2N3O5/c31-24-15-18(3-10-25(24)35-28(38)27-23-17-21(32)7-4-19(23)11-12-34-27)16-26(37)30(33,36-13-1-2-14-36)41-22-8-5-20(6-9-22)29(39)40/h3-4,7,10-12,15,17,20,22H,1-2,5-6,8-9,13-14,16H2,(H,35,38)(H,39,40). The zero-order valence-electron chi connectivity index (χ0n) is 22.2. The van der Waals surface area contributed by atoms with Gasteiger partial charge in [-0.05, 0) is 79.8 Å². The summed E-state index contributed by atoms with van der Waals surface area (Å²) in [7, 11) is 0. The Morgan fingerprint density at radius 3 is 2.49 bits per heavy atom. The summed E-state index contributed by atoms with van der Waals surface area (Å²) in [6, 6.07) is 10.3. The number of halogens is 3. The molecule has 2 aliphatic rings. The lowest BCUT2D eigenvalue weighted by atomic mass is 9.87. The summed E-state index contributed by atoms with van der Waals surface area (Å²) in [5.74, 6) is -5.84. The van der Waals surface area contributed by atoms with Gasteiger partial charge in [-0.15, -0.1) is 0 Å². The molecule has 1 atom stereocenters. The lowest BCUT2D eigenvalue weighted by Gasteiger charge is -2.37. The van der Waals surface area contributed by atoms with Gasteiger partial charge in [0, 0.05) is 31.1 Å². The van der Waals surface area contributed by atoms with Gasteiger partial charge in [-0.3, -0.25) is 19.4 Å². The Labute approximate surface area is 240 Å². The molecule has 1 aliphatic carbocycles. The number of benzene rings is 2. The summed E-state index contributed by atoms with van der Waals surface area (Å²) in [4.78, 5) is 43.2. The fourth-order valence-corrected chi connectivity index (χ4v) is 5.79. The quantitative estimate of drug-likeness (QED) is 0.307. The Bertz CT molecular complexity index is 1470. The molecule has 216 valence electrons. The van der Waals surface area contributed by atoms with E-state index in [1.807, 2.05) is 0 Å². The van der Waals surface area contributed by atoms with E-state index in [1.165, 1.54) is 35.4 Å². The highest BCUT2D eigenvalue weighted by molar-refractivity contribution is 6.34. The SMILES string of the molecule is O=C(Nc1ccc(CC(=O)C(F)(OC2CCC(C(=O)O)CC2)N2CCCC2)cc1Cl)c1nccc2ccc(F)cc12. The third kappa shape index (κ3) is 6.39. The van der Waals surface area contributed by atoms with Gasteiger partial charge in [0.2, 0.25) is 5.78 Å². The summed E-state index contributed by atoms with van der Waals surface area (Å²) in [5.41, 5.74) is 0.711. The molecular formula is C30H30ClF2N3O5. The number of carbonyl (C=O) groups is 3. The number of carbonyl (C=O) groups excluding carboxylic acids is 2. The number of pyridine rings is 1. The van der Waals surface area contributed by atoms with Crippen molar-refractivity contribution < 1.29 is 33.0 Å². The average Bonchev–Trinajstić information content (AvgIpc) is 3.50. The van der Waals surface area contributed by atoms with Crippen molar-refractivity contribution in [1.82, 2.24) is 9.88 Å². The number of fused-ring (bicyclic) bond motifs is 1. The van der Waals surface area contributed by atoms with Crippen molar-refractivity contribution in [2.75, 3.05) is 18.4 Å². The molecule has 3 aromatic rings. The minimum atomic E-state index is -2.63. The highest BCUT2D eigenvalue weighted by Crippen LogP contribution is 2.35. The van der Waals surface area contributed by atoms with Crippen molar-refractivity contribution in [2.24, 2.45) is 5.92 Å². The number of nitrogens with zero attached hydrogens (tertiary/aromatic N) is 2. The Hall–Kier alpha value is -3.47. The predicted molar refractivity (Wildman–Crippen MR) is 149 cm³/mol. The van der Waals surface area contributed by atoms with Crippen LogP contribution in [0.2, 0.25) is 5.02 Å². The average molecular weight is 586 g/mol. The molecule has 1 unspecified atom stereocenters. The third-order valence-electron chi connectivity index (χ3n) is 7.79. The molecule has 11 heteroatoms. The molecule has 0 bridgehead atoms. The highest BCUT2D eigenvalue weighted by atomic mass is 35.5. The number of carboxylic acids is 1. The second kappa shape index (κ2) is 12.2. The molecule has 2 aromatic carbocycles. The fourth-order valence-electron chi connectivity index (χ4n) is 5.54. The summed E-state index contributed by atoms with van der Waals surface area (Å²) >= 11 is 6.43. The van der Waals surface area contributed by atoms with Crippen molar-refractivity contribution in [3.63, 3.8) is 0 Å². The lowest BCUT2D eigenvalue weighted by Crippen LogP contribution is -2.54. The zero-order valence-corrected chi connectivity index (χ0v) is 23.0. The molecule has 2 fully saturated rings. The number of carboxylic acid groups (broad SMARTS) is 1. The normalized spacial score (nSPS) is 21.0. The Morgan fingerprint density at radius 2 is 1.80 bits per heavy atom. The first-order valence-corrected chi connectivity index (χ1v) is 14.0. The first-order chi connectivity index (χ1) is 19.6. The molecule has 5 rings (SSSR count). The fraction of sp³-hybridized carbons (Fsp3) is 0.400. The van der Waals surface area contributed by atoms with E-state index in [0.717, 1.165) is 12.8 Å². The molecule has 0 spiro atoms. The number of amides is 1. The first-order valence-electron chi connectivity index (χ1n) is 13.7. The topological polar surface area (TPSA) is 109 Å². The summed E-state index contributed by atoms with van der Waals surface area (Å²) in [6.45, 7) is 0.759. The van der Waals surface area contributed by atoms with Crippen molar-refractivity contribution >= 4 is 45.7 Å². The zero-order chi connectivity index (χ0) is 29.1. The number of anilines is 1. The van der Waals surface area contributed by atoms with Gasteiger partial charge in [0.1, 0.15) is 11.5 Å². The van der Waals surface area contributed by atoms with E-state index in [9.17, 15) is 23.9 Å². The minimum Gasteiger partial charge on any atom is -0.481 e. The van der Waals surface area contributed by atoms with Gasteiger partial charge >= 0.3 is 11.9 Å². The van der Waals surface area contributed by atoms with Crippen molar-refractivity contribution in [3.8, 4) is 0 Å². The Balaban J connectivity index is 1.29. The number of aromatic nitrogens is 1. The number of aliphatic carboxylic acids is 1. The van der Waals surface area contributed by atoms with Crippen LogP contribution in [-0.4, -0.2) is 57.8 Å². The maximum atomic E-state index is 16.4. The molecule has 1 saturated heterocycles. The second-order valence-corrected chi connectivity index (χ2v) is 11.0. The van der Waals surface area contributed by atoms with E-state index in [-0.39, 0.29) is 22.8 Å². The van der Waals surface area contributed by atoms with E-state index in [4.69, 9.17) is 16.3 Å². The molecule has 1 aliphatic heterocycles. The van der Waals surface area contributed by atoms with Crippen LogP contribution in [0.5, 0.6) is 0 Å². The van der Waals surface area contributed by atoms with Crippen LogP contribution in [-0.2, 0) is 20.7 Å². The van der Waals surface area contributed by atoms with Gasteiger partial charge in [0.15, 0.2) is 0 Å². The second-order valence-electron chi connectivity index (χ2n) is 10.6. The number of alkyl halides is 1. The van der Waals surface area contributed by atoms with Gasteiger partial charge in [-0.1, -0.05) is 23.7 Å². The number of ether oxygens (including phenoxy) is 1. The smallest absolute Gasteiger partial charge is 0.330 e. The largest absolute Gasteiger partial charge is 0.481 e. The van der Waals surface area contributed by atoms with Gasteiger partial charge in [-0.2, -0.15) is 4.39 Å². The summed E-state index contributed by atoms with van der Waals surface area (Å²) in [5, 5.41) is 13.1. The lowest BCUT2D eigenvalue weighted by molar-refractivity contribution is -0.252. The first kappa shape index (κ1) is 29.0. The Kier molecular flexibility index (Phi) is 8.63. The molecule has 1 amide bonds. The number of nitrogens with one attached hydrogen (secondary N) is 1. The molecule has 0 radical (unpaired) electrons. The van der Waals surface area contributed by atoms with Crippen molar-refractivity contribution in [1.29, 1.82) is 0 Å². The van der Waals surface area contributed by atoms with Gasteiger partial charge < -0.3 is 15.2 Å². The Morgan fingerprint density at radius 1 is 1.07 bits per heavy atom. The molecule has 1 saturated carbocycles. The third-order valence-corrected chi connectivity index (χ3v) is 8.11. The van der Waals surface area contributed by atoms with Crippen LogP contribution in [0.15, 0.2) is 48.7 Å². The predicted octanol–water partition coefficient (Wildman–Crippen LogP) is 5.77. The highest BCUT2D eigenvalue weighted by Gasteiger charge is 2.48. The van der Waals surface area contributed by atoms with Crippen LogP contribution < -0.4 is 5.32 Å². The van der Waals surface area contributed by atoms with Crippen molar-refractivity contribution in [2.45, 2.75) is 57.0 Å². The van der Waals surface area contributed by atoms with E-state index in [1.54, 1.807) is 18.2 Å². The van der Waals surface area contributed by atoms with Crippen LogP contribution >= 0.6 is 11.6 Å². The molecule has 1 aromatic heterocycles. The van der Waals surface area contributed by atoms with Gasteiger partial charge in [0.05, 0.1) is 22.7 Å². The van der Waals surface area contributed by atoms with Crippen LogP contribution in [0, 0.1) is 11.7 Å². The molecule has 2 N–H and O–H groups in total. The molecule has 2 heterocycles. The summed E-state index contributed by atoms with van der Waals surface area (Å²) in [6.07, 6.45) is 3.55. The van der Waals surface area contributed by atoms with Crippen LogP contribution in [0.3, 0.4) is 0 Å². The number of Topliss-reactive ketones (excluding diaryl/α,β-unsaturated/α-hetero) is 1. The molecule has 41 heavy (non-hydrogen) atoms. The number of hydrogen-bond donors (Lipinski definition) is 2. The molecule has 8 nitrogen and oxygen atoms in total. The summed E-state index contributed by atoms with van der Waals surface area (Å²) < 4.78 is 36.1. The van der Waals surface area contributed by atoms with E-state index < -0.39 is 41.5 Å². The van der Waals surface area contributed by atoms with Crippen LogP contribution in [0.4, 0.5) is 14.5 Å². The monoisotopic (exact) mass is 585 g/mol. The van der Waals surface area contributed by atoms with E-state index >= 15 is 4.39 Å². The van der Waals surface area contributed by atoms with Crippen LogP contribution in [0.25, 0.3) is 10.8 Å².